The number of H-pyrrole nitrogens is 1. The molecule has 0 saturated carbocycles. The van der Waals surface area contributed by atoms with E-state index in [1.165, 1.54) is 0 Å². The summed E-state index contributed by atoms with van der Waals surface area (Å²) in [7, 11) is 0. The van der Waals surface area contributed by atoms with Gasteiger partial charge in [0.15, 0.2) is 0 Å². The number of hydrogen-bond donors (Lipinski definition) is 2. The Morgan fingerprint density at radius 3 is 2.83 bits per heavy atom. The molecule has 0 spiro atoms. The first-order valence-corrected chi connectivity index (χ1v) is 5.96. The first-order valence-electron chi connectivity index (χ1n) is 5.19. The third kappa shape index (κ3) is 3.42. The molecule has 98 valence electrons. The number of nitrogens with zero attached hydrogens (tertiary/aromatic N) is 3. The van der Waals surface area contributed by atoms with Crippen LogP contribution >= 0.6 is 11.5 Å². The summed E-state index contributed by atoms with van der Waals surface area (Å²) in [4.78, 5) is 10.4. The van der Waals surface area contributed by atoms with Crippen LogP contribution in [0.25, 0.3) is 0 Å². The summed E-state index contributed by atoms with van der Waals surface area (Å²) >= 11 is 0.709. The number of rotatable bonds is 5. The van der Waals surface area contributed by atoms with E-state index in [2.05, 4.69) is 24.6 Å². The summed E-state index contributed by atoms with van der Waals surface area (Å²) in [6, 6.07) is 0. The minimum Gasteiger partial charge on any atom is -0.360 e. The molecule has 0 radical (unpaired) electrons. The molecule has 9 heteroatoms. The Morgan fingerprint density at radius 2 is 2.22 bits per heavy atom. The number of aromatic amines is 1. The Labute approximate surface area is 105 Å². The molecule has 0 fully saturated rings. The van der Waals surface area contributed by atoms with E-state index >= 15 is 0 Å². The topological polar surface area (TPSA) is 66.5 Å². The summed E-state index contributed by atoms with van der Waals surface area (Å²) in [6.07, 6.45) is 0.371. The van der Waals surface area contributed by atoms with Gasteiger partial charge in [0.1, 0.15) is 5.82 Å². The number of hydrogen-bond acceptors (Lipinski definition) is 5. The van der Waals surface area contributed by atoms with Gasteiger partial charge in [0.25, 0.3) is 0 Å². The van der Waals surface area contributed by atoms with Crippen molar-refractivity contribution < 1.29 is 13.2 Å². The molecule has 18 heavy (non-hydrogen) atoms. The molecule has 0 saturated heterocycles. The Balaban J connectivity index is 1.75. The monoisotopic (exact) mass is 277 g/mol. The van der Waals surface area contributed by atoms with Crippen LogP contribution in [0.4, 0.5) is 18.3 Å². The van der Waals surface area contributed by atoms with Crippen molar-refractivity contribution in [3.63, 3.8) is 0 Å². The second-order valence-corrected chi connectivity index (χ2v) is 4.24. The third-order valence-electron chi connectivity index (χ3n) is 2.10. The van der Waals surface area contributed by atoms with Crippen molar-refractivity contribution in [2.24, 2.45) is 0 Å². The maximum absolute atomic E-state index is 12.2. The number of anilines is 1. The van der Waals surface area contributed by atoms with Gasteiger partial charge in [-0.3, -0.25) is 0 Å². The lowest BCUT2D eigenvalue weighted by Crippen LogP contribution is -2.08. The van der Waals surface area contributed by atoms with Gasteiger partial charge in [-0.2, -0.15) is 22.5 Å². The lowest BCUT2D eigenvalue weighted by molar-refractivity contribution is -0.144. The van der Waals surface area contributed by atoms with Crippen LogP contribution in [0.2, 0.25) is 0 Å². The molecule has 0 bridgehead atoms. The molecular weight excluding hydrogens is 267 g/mol. The minimum absolute atomic E-state index is 0.182. The van der Waals surface area contributed by atoms with Crippen LogP contribution in [0.3, 0.4) is 0 Å². The molecule has 2 heterocycles. The Bertz CT molecular complexity index is 479. The zero-order chi connectivity index (χ0) is 13.0. The van der Waals surface area contributed by atoms with Gasteiger partial charge in [-0.05, 0) is 6.42 Å². The zero-order valence-corrected chi connectivity index (χ0v) is 9.98. The van der Waals surface area contributed by atoms with E-state index < -0.39 is 12.0 Å². The van der Waals surface area contributed by atoms with Crippen LogP contribution in [0, 0.1) is 0 Å². The lowest BCUT2D eigenvalue weighted by atomic mass is 10.3. The maximum Gasteiger partial charge on any atom is 0.452 e. The van der Waals surface area contributed by atoms with Crippen LogP contribution in [0.1, 0.15) is 18.1 Å². The minimum atomic E-state index is -4.48. The highest BCUT2D eigenvalue weighted by Gasteiger charge is 2.36. The molecular formula is C9H10F3N5S. The van der Waals surface area contributed by atoms with Gasteiger partial charge in [-0.1, -0.05) is 0 Å². The largest absolute Gasteiger partial charge is 0.452 e. The third-order valence-corrected chi connectivity index (χ3v) is 2.77. The van der Waals surface area contributed by atoms with Crippen LogP contribution < -0.4 is 5.32 Å². The number of aryl methyl sites for hydroxylation is 1. The van der Waals surface area contributed by atoms with Gasteiger partial charge in [-0.15, -0.1) is 0 Å². The van der Waals surface area contributed by atoms with Gasteiger partial charge in [-0.25, -0.2) is 4.98 Å². The molecule has 0 aromatic carbocycles. The molecule has 0 atom stereocenters. The molecule has 0 amide bonds. The van der Waals surface area contributed by atoms with E-state index in [1.54, 1.807) is 12.4 Å². The molecule has 0 aliphatic rings. The average molecular weight is 277 g/mol. The second-order valence-electron chi connectivity index (χ2n) is 3.49. The van der Waals surface area contributed by atoms with Crippen molar-refractivity contribution in [2.75, 3.05) is 11.9 Å². The van der Waals surface area contributed by atoms with Gasteiger partial charge >= 0.3 is 6.18 Å². The Morgan fingerprint density at radius 1 is 1.39 bits per heavy atom. The predicted molar refractivity (Wildman–Crippen MR) is 60.3 cm³/mol. The van der Waals surface area contributed by atoms with E-state index in [-0.39, 0.29) is 5.13 Å². The van der Waals surface area contributed by atoms with Crippen molar-refractivity contribution >= 4 is 16.7 Å². The van der Waals surface area contributed by atoms with E-state index in [4.69, 9.17) is 0 Å². The normalized spacial score (nSPS) is 11.7. The maximum atomic E-state index is 12.2. The fraction of sp³-hybridized carbons (Fsp3) is 0.444. The number of alkyl halides is 3. The second kappa shape index (κ2) is 5.34. The number of aromatic nitrogens is 4. The molecule has 0 aliphatic heterocycles. The van der Waals surface area contributed by atoms with E-state index in [9.17, 15) is 13.2 Å². The van der Waals surface area contributed by atoms with E-state index in [0.29, 0.717) is 18.1 Å². The fourth-order valence-corrected chi connectivity index (χ4v) is 1.91. The highest BCUT2D eigenvalue weighted by atomic mass is 32.1. The molecule has 2 N–H and O–H groups in total. The Hall–Kier alpha value is -1.64. The van der Waals surface area contributed by atoms with E-state index in [0.717, 1.165) is 18.7 Å². The van der Waals surface area contributed by atoms with Gasteiger partial charge in [0, 0.05) is 36.9 Å². The first-order chi connectivity index (χ1) is 8.55. The van der Waals surface area contributed by atoms with Crippen molar-refractivity contribution in [2.45, 2.75) is 19.0 Å². The van der Waals surface area contributed by atoms with Gasteiger partial charge in [0.05, 0.1) is 0 Å². The zero-order valence-electron chi connectivity index (χ0n) is 9.16. The van der Waals surface area contributed by atoms with Crippen LogP contribution in [-0.4, -0.2) is 25.9 Å². The predicted octanol–water partition coefficient (Wildman–Crippen LogP) is 2.32. The molecule has 2 aromatic rings. The van der Waals surface area contributed by atoms with Crippen LogP contribution in [0.5, 0.6) is 0 Å². The quantitative estimate of drug-likeness (QED) is 0.823. The number of halogens is 3. The molecule has 2 aromatic heterocycles. The van der Waals surface area contributed by atoms with Crippen molar-refractivity contribution in [1.82, 2.24) is 19.3 Å². The summed E-state index contributed by atoms with van der Waals surface area (Å²) < 4.78 is 39.9. The highest BCUT2D eigenvalue weighted by molar-refractivity contribution is 7.09. The summed E-state index contributed by atoms with van der Waals surface area (Å²) in [5.74, 6) is -0.244. The van der Waals surface area contributed by atoms with Crippen LogP contribution in [-0.2, 0) is 12.6 Å². The number of nitrogens with one attached hydrogen (secondary N) is 2. The average Bonchev–Trinajstić information content (AvgIpc) is 2.95. The summed E-state index contributed by atoms with van der Waals surface area (Å²) in [5.41, 5.74) is 0. The number of imidazole rings is 1. The van der Waals surface area contributed by atoms with Crippen molar-refractivity contribution in [3.8, 4) is 0 Å². The summed E-state index contributed by atoms with van der Waals surface area (Å²) in [6.45, 7) is 0.521. The SMILES string of the molecule is FC(F)(F)c1nsc(NCCCc2ncc[nH]2)n1. The molecule has 0 aliphatic carbocycles. The van der Waals surface area contributed by atoms with Crippen molar-refractivity contribution in [3.05, 3.63) is 24.0 Å². The molecule has 0 unspecified atom stereocenters. The molecule has 5 nitrogen and oxygen atoms in total. The summed E-state index contributed by atoms with van der Waals surface area (Å²) in [5, 5.41) is 2.99. The highest BCUT2D eigenvalue weighted by Crippen LogP contribution is 2.28. The lowest BCUT2D eigenvalue weighted by Gasteiger charge is -2.01. The van der Waals surface area contributed by atoms with Crippen LogP contribution in [0.15, 0.2) is 12.4 Å². The van der Waals surface area contributed by atoms with Crippen molar-refractivity contribution in [1.29, 1.82) is 0 Å². The Kier molecular flexibility index (Phi) is 3.80. The fourth-order valence-electron chi connectivity index (χ4n) is 1.30. The standard InChI is InChI=1S/C9H10F3N5S/c10-9(11,12)7-16-8(18-17-7)15-3-1-2-6-13-4-5-14-6/h4-5H,1-3H2,(H,13,14)(H,15,16,17). The van der Waals surface area contributed by atoms with Gasteiger partial charge < -0.3 is 10.3 Å². The smallest absolute Gasteiger partial charge is 0.360 e. The van der Waals surface area contributed by atoms with E-state index in [1.807, 2.05) is 0 Å². The van der Waals surface area contributed by atoms with Gasteiger partial charge in [0.2, 0.25) is 11.0 Å². The first kappa shape index (κ1) is 12.8. The molecule has 2 rings (SSSR count).